The molecule has 2 saturated heterocycles. The summed E-state index contributed by atoms with van der Waals surface area (Å²) >= 11 is 6.25. The zero-order valence-electron chi connectivity index (χ0n) is 11.5. The molecule has 0 spiro atoms. The van der Waals surface area contributed by atoms with Gasteiger partial charge in [0, 0.05) is 31.2 Å². The summed E-state index contributed by atoms with van der Waals surface area (Å²) in [5.41, 5.74) is 0.983. The molecule has 2 aromatic heterocycles. The number of fused-ring (bicyclic) bond motifs is 2. The van der Waals surface area contributed by atoms with Gasteiger partial charge in [-0.3, -0.25) is 4.90 Å². The topological polar surface area (TPSA) is 49.6 Å². The number of halogens is 1. The number of aromatic nitrogens is 4. The van der Waals surface area contributed by atoms with Gasteiger partial charge < -0.3 is 4.90 Å². The number of rotatable bonds is 1. The van der Waals surface area contributed by atoms with Gasteiger partial charge in [0.15, 0.2) is 0 Å². The van der Waals surface area contributed by atoms with Crippen molar-refractivity contribution in [1.29, 1.82) is 0 Å². The van der Waals surface area contributed by atoms with Crippen LogP contribution < -0.4 is 4.90 Å². The molecule has 20 heavy (non-hydrogen) atoms. The molecule has 7 heteroatoms. The highest BCUT2D eigenvalue weighted by Crippen LogP contribution is 2.29. The van der Waals surface area contributed by atoms with Gasteiger partial charge in [0.05, 0.1) is 0 Å². The Morgan fingerprint density at radius 2 is 2.20 bits per heavy atom. The molecule has 0 bridgehead atoms. The molecule has 0 N–H and O–H groups in total. The number of hydrogen-bond donors (Lipinski definition) is 0. The first kappa shape index (κ1) is 12.3. The van der Waals surface area contributed by atoms with Crippen LogP contribution in [0.5, 0.6) is 0 Å². The smallest absolute Gasteiger partial charge is 0.255 e. The number of piperazine rings is 1. The fourth-order valence-corrected chi connectivity index (χ4v) is 3.60. The summed E-state index contributed by atoms with van der Waals surface area (Å²) in [6, 6.07) is 0.661. The van der Waals surface area contributed by atoms with Crippen molar-refractivity contribution >= 4 is 23.2 Å². The second kappa shape index (κ2) is 4.56. The van der Waals surface area contributed by atoms with Gasteiger partial charge in [-0.15, -0.1) is 0 Å². The molecule has 1 atom stereocenters. The zero-order chi connectivity index (χ0) is 13.7. The lowest BCUT2D eigenvalue weighted by atomic mass is 10.1. The Hall–Kier alpha value is -1.40. The Morgan fingerprint density at radius 3 is 3.10 bits per heavy atom. The molecule has 2 aliphatic rings. The quantitative estimate of drug-likeness (QED) is 0.743. The van der Waals surface area contributed by atoms with E-state index in [-0.39, 0.29) is 0 Å². The maximum absolute atomic E-state index is 6.25. The highest BCUT2D eigenvalue weighted by atomic mass is 35.5. The van der Waals surface area contributed by atoms with E-state index in [0.717, 1.165) is 31.0 Å². The molecule has 2 fully saturated rings. The van der Waals surface area contributed by atoms with Gasteiger partial charge in [0.2, 0.25) is 0 Å². The van der Waals surface area contributed by atoms with Crippen molar-refractivity contribution < 1.29 is 0 Å². The molecule has 0 radical (unpaired) electrons. The predicted molar refractivity (Wildman–Crippen MR) is 77.3 cm³/mol. The van der Waals surface area contributed by atoms with Crippen LogP contribution in [0, 0.1) is 6.92 Å². The lowest BCUT2D eigenvalue weighted by Crippen LogP contribution is -2.50. The van der Waals surface area contributed by atoms with Crippen LogP contribution in [-0.4, -0.2) is 56.7 Å². The third-order valence-electron chi connectivity index (χ3n) is 4.46. The monoisotopic (exact) mass is 292 g/mol. The van der Waals surface area contributed by atoms with Crippen LogP contribution in [-0.2, 0) is 0 Å². The van der Waals surface area contributed by atoms with Gasteiger partial charge in [-0.2, -0.15) is 19.6 Å². The first-order chi connectivity index (χ1) is 9.74. The van der Waals surface area contributed by atoms with E-state index >= 15 is 0 Å². The van der Waals surface area contributed by atoms with E-state index in [1.165, 1.54) is 25.7 Å². The van der Waals surface area contributed by atoms with Gasteiger partial charge in [-0.05, 0) is 26.3 Å². The van der Waals surface area contributed by atoms with Crippen molar-refractivity contribution in [1.82, 2.24) is 24.5 Å². The van der Waals surface area contributed by atoms with Gasteiger partial charge in [-0.1, -0.05) is 11.6 Å². The minimum atomic E-state index is 0.523. The van der Waals surface area contributed by atoms with E-state index in [9.17, 15) is 0 Å². The van der Waals surface area contributed by atoms with Crippen molar-refractivity contribution in [2.24, 2.45) is 0 Å². The van der Waals surface area contributed by atoms with Gasteiger partial charge >= 0.3 is 0 Å². The molecule has 1 unspecified atom stereocenters. The van der Waals surface area contributed by atoms with Crippen LogP contribution in [0.3, 0.4) is 0 Å². The highest BCUT2D eigenvalue weighted by molar-refractivity contribution is 6.30. The third kappa shape index (κ3) is 1.78. The van der Waals surface area contributed by atoms with Crippen LogP contribution in [0.25, 0.3) is 5.78 Å². The fraction of sp³-hybridized carbons (Fsp3) is 0.615. The third-order valence-corrected chi connectivity index (χ3v) is 4.83. The molecule has 2 aromatic rings. The molecular weight excluding hydrogens is 276 g/mol. The largest absolute Gasteiger partial charge is 0.353 e. The van der Waals surface area contributed by atoms with Crippen molar-refractivity contribution in [2.75, 3.05) is 31.1 Å². The number of hydrogen-bond acceptors (Lipinski definition) is 5. The zero-order valence-corrected chi connectivity index (χ0v) is 12.2. The van der Waals surface area contributed by atoms with E-state index in [0.29, 0.717) is 17.0 Å². The molecule has 0 amide bonds. The molecule has 0 aliphatic carbocycles. The summed E-state index contributed by atoms with van der Waals surface area (Å²) in [6.07, 6.45) is 4.13. The minimum Gasteiger partial charge on any atom is -0.353 e. The molecule has 0 saturated carbocycles. The van der Waals surface area contributed by atoms with Crippen LogP contribution in [0.4, 0.5) is 5.82 Å². The Kier molecular flexibility index (Phi) is 2.82. The number of anilines is 1. The SMILES string of the molecule is Cc1c(Cl)nc2ncnn2c1N1CCN2CCCC2C1. The van der Waals surface area contributed by atoms with E-state index in [4.69, 9.17) is 11.6 Å². The van der Waals surface area contributed by atoms with Gasteiger partial charge in [-0.25, -0.2) is 0 Å². The van der Waals surface area contributed by atoms with Crippen molar-refractivity contribution in [3.05, 3.63) is 17.0 Å². The van der Waals surface area contributed by atoms with E-state index < -0.39 is 0 Å². The van der Waals surface area contributed by atoms with E-state index in [1.807, 2.05) is 11.4 Å². The van der Waals surface area contributed by atoms with Crippen molar-refractivity contribution in [2.45, 2.75) is 25.8 Å². The predicted octanol–water partition coefficient (Wildman–Crippen LogP) is 1.37. The van der Waals surface area contributed by atoms with Crippen LogP contribution in [0.1, 0.15) is 18.4 Å². The highest BCUT2D eigenvalue weighted by Gasteiger charge is 2.32. The Balaban J connectivity index is 1.77. The summed E-state index contributed by atoms with van der Waals surface area (Å²) in [5, 5.41) is 4.83. The maximum Gasteiger partial charge on any atom is 0.255 e. The Bertz CT molecular complexity index is 654. The normalized spacial score (nSPS) is 23.5. The molecule has 0 aromatic carbocycles. The molecule has 4 heterocycles. The number of nitrogens with zero attached hydrogens (tertiary/aromatic N) is 6. The van der Waals surface area contributed by atoms with Gasteiger partial charge in [0.1, 0.15) is 17.3 Å². The summed E-state index contributed by atoms with van der Waals surface area (Å²) in [4.78, 5) is 13.4. The summed E-state index contributed by atoms with van der Waals surface area (Å²) < 4.78 is 1.81. The van der Waals surface area contributed by atoms with Crippen molar-refractivity contribution in [3.8, 4) is 0 Å². The van der Waals surface area contributed by atoms with Gasteiger partial charge in [0.25, 0.3) is 5.78 Å². The molecule has 4 rings (SSSR count). The lowest BCUT2D eigenvalue weighted by molar-refractivity contribution is 0.230. The minimum absolute atomic E-state index is 0.523. The van der Waals surface area contributed by atoms with Crippen LogP contribution in [0.15, 0.2) is 6.33 Å². The molecule has 6 nitrogen and oxygen atoms in total. The van der Waals surface area contributed by atoms with Crippen LogP contribution >= 0.6 is 11.6 Å². The summed E-state index contributed by atoms with van der Waals surface area (Å²) in [5.74, 6) is 1.62. The second-order valence-electron chi connectivity index (χ2n) is 5.60. The molecular formula is C13H17ClN6. The average molecular weight is 293 g/mol. The average Bonchev–Trinajstić information content (AvgIpc) is 3.07. The van der Waals surface area contributed by atoms with Crippen LogP contribution in [0.2, 0.25) is 5.15 Å². The maximum atomic E-state index is 6.25. The molecule has 106 valence electrons. The lowest BCUT2D eigenvalue weighted by Gasteiger charge is -2.39. The Morgan fingerprint density at radius 1 is 1.30 bits per heavy atom. The first-order valence-electron chi connectivity index (χ1n) is 7.09. The summed E-state index contributed by atoms with van der Waals surface area (Å²) in [7, 11) is 0. The first-order valence-corrected chi connectivity index (χ1v) is 7.46. The Labute approximate surface area is 122 Å². The summed E-state index contributed by atoms with van der Waals surface area (Å²) in [6.45, 7) is 6.41. The molecule has 2 aliphatic heterocycles. The van der Waals surface area contributed by atoms with Crippen molar-refractivity contribution in [3.63, 3.8) is 0 Å². The fourth-order valence-electron chi connectivity index (χ4n) is 3.44. The van der Waals surface area contributed by atoms with E-state index in [2.05, 4.69) is 24.9 Å². The standard InChI is InChI=1S/C13H17ClN6/c1-9-11(14)17-13-15-8-16-20(13)12(9)19-6-5-18-4-2-3-10(18)7-19/h8,10H,2-7H2,1H3. The van der Waals surface area contributed by atoms with E-state index in [1.54, 1.807) is 0 Å². The second-order valence-corrected chi connectivity index (χ2v) is 5.96.